The van der Waals surface area contributed by atoms with Crippen LogP contribution in [0.2, 0.25) is 0 Å². The molecular weight excluding hydrogens is 743 g/mol. The molecule has 8 rings (SSSR count). The molecule has 2 saturated heterocycles. The van der Waals surface area contributed by atoms with Crippen LogP contribution in [0.5, 0.6) is 0 Å². The van der Waals surface area contributed by atoms with Crippen LogP contribution in [-0.4, -0.2) is 74.4 Å². The molecule has 0 radical (unpaired) electrons. The van der Waals surface area contributed by atoms with E-state index in [1.165, 1.54) is 22.9 Å². The van der Waals surface area contributed by atoms with Gasteiger partial charge in [-0.15, -0.1) is 0 Å². The Kier molecular flexibility index (Phi) is 11.6. The summed E-state index contributed by atoms with van der Waals surface area (Å²) in [5.41, 5.74) is 8.04. The highest BCUT2D eigenvalue weighted by Crippen LogP contribution is 2.39. The van der Waals surface area contributed by atoms with Crippen molar-refractivity contribution in [3.05, 3.63) is 101 Å². The third-order valence-corrected chi connectivity index (χ3v) is 12.8. The van der Waals surface area contributed by atoms with E-state index in [4.69, 9.17) is 10.7 Å². The minimum atomic E-state index is -0.566. The van der Waals surface area contributed by atoms with E-state index in [-0.39, 0.29) is 65.1 Å². The number of nitrogens with one attached hydrogen (secondary N) is 2. The first-order valence-electron chi connectivity index (χ1n) is 20.6. The average Bonchev–Trinajstić information content (AvgIpc) is 3.23. The summed E-state index contributed by atoms with van der Waals surface area (Å²) < 4.78 is 32.5. The molecule has 4 heterocycles. The van der Waals surface area contributed by atoms with Gasteiger partial charge in [-0.05, 0) is 126 Å². The van der Waals surface area contributed by atoms with Gasteiger partial charge in [0.1, 0.15) is 17.6 Å². The van der Waals surface area contributed by atoms with E-state index in [1.807, 2.05) is 12.1 Å². The largest absolute Gasteiger partial charge is 0.374 e. The summed E-state index contributed by atoms with van der Waals surface area (Å²) in [5, 5.41) is 5.40. The molecule has 2 aliphatic carbocycles. The van der Waals surface area contributed by atoms with Crippen molar-refractivity contribution in [2.24, 2.45) is 11.7 Å². The van der Waals surface area contributed by atoms with E-state index in [2.05, 4.69) is 25.4 Å². The van der Waals surface area contributed by atoms with Crippen LogP contribution in [0, 0.1) is 17.6 Å². The number of likely N-dealkylation sites (tertiary alicyclic amines) is 1. The quantitative estimate of drug-likeness (QED) is 0.168. The number of amides is 3. The first-order valence-corrected chi connectivity index (χ1v) is 20.6. The number of hydrogen-bond acceptors (Lipinski definition) is 9. The lowest BCUT2D eigenvalue weighted by Crippen LogP contribution is -2.51. The van der Waals surface area contributed by atoms with Crippen LogP contribution in [0.1, 0.15) is 88.5 Å². The Hall–Kier alpha value is -5.50. The van der Waals surface area contributed by atoms with Gasteiger partial charge in [-0.2, -0.15) is 0 Å². The molecule has 2 aromatic heterocycles. The predicted molar refractivity (Wildman–Crippen MR) is 216 cm³/mol. The van der Waals surface area contributed by atoms with Crippen LogP contribution >= 0.6 is 0 Å². The second kappa shape index (κ2) is 17.2. The third kappa shape index (κ3) is 8.52. The third-order valence-electron chi connectivity index (χ3n) is 12.8. The maximum absolute atomic E-state index is 15.6. The molecule has 4 aromatic rings. The van der Waals surface area contributed by atoms with Crippen molar-refractivity contribution in [2.75, 3.05) is 23.3 Å². The lowest BCUT2D eigenvalue weighted by molar-refractivity contribution is -0.133. The number of carbonyl (C=O) groups excluding carboxylic acids is 3. The molecule has 4 aliphatic rings. The normalized spacial score (nSPS) is 24.6. The summed E-state index contributed by atoms with van der Waals surface area (Å²) >= 11 is 0. The van der Waals surface area contributed by atoms with Crippen LogP contribution in [-0.2, 0) is 14.4 Å². The standard InChI is InChI=1S/C44H50F2N8O4/c45-36-25-30(49-38-17-18-39(55)50-43(38)58)9-16-35(36)27-19-22-52(23-20-27)31-12-14-33(15-13-31)54(32-10-7-28(8-11-32)42(47)57)44-48-26-37(46)41(51-44)29-4-3-5-34(24-29)53-21-2-1-6-40(53)56/h1-6,9,16,21,24-28,31-33,38,49H,7-8,10-15,17-20,22-23H2,(H2,47,57)(H,50,55,58)/t28?,31?,32?,33?,38-/m1/s1. The molecule has 3 amide bonds. The van der Waals surface area contributed by atoms with Gasteiger partial charge in [0.05, 0.1) is 6.20 Å². The van der Waals surface area contributed by atoms with Gasteiger partial charge < -0.3 is 20.9 Å². The molecule has 2 saturated carbocycles. The Morgan fingerprint density at radius 2 is 1.57 bits per heavy atom. The molecule has 0 unspecified atom stereocenters. The second-order valence-electron chi connectivity index (χ2n) is 16.3. The van der Waals surface area contributed by atoms with Crippen molar-refractivity contribution in [2.45, 2.75) is 107 Å². The molecule has 1 atom stereocenters. The van der Waals surface area contributed by atoms with E-state index >= 15 is 8.78 Å². The zero-order valence-corrected chi connectivity index (χ0v) is 32.5. The fourth-order valence-electron chi connectivity index (χ4n) is 9.65. The lowest BCUT2D eigenvalue weighted by atomic mass is 9.82. The lowest BCUT2D eigenvalue weighted by Gasteiger charge is -2.46. The molecular formula is C44H50F2N8O4. The van der Waals surface area contributed by atoms with Crippen molar-refractivity contribution in [1.29, 1.82) is 0 Å². The minimum Gasteiger partial charge on any atom is -0.374 e. The van der Waals surface area contributed by atoms with Gasteiger partial charge in [0.2, 0.25) is 23.7 Å². The molecule has 58 heavy (non-hydrogen) atoms. The number of anilines is 2. The Labute approximate surface area is 336 Å². The number of halogens is 2. The number of carbonyl (C=O) groups is 3. The predicted octanol–water partition coefficient (Wildman–Crippen LogP) is 5.83. The molecule has 304 valence electrons. The highest BCUT2D eigenvalue weighted by molar-refractivity contribution is 6.01. The fourth-order valence-corrected chi connectivity index (χ4v) is 9.65. The summed E-state index contributed by atoms with van der Waals surface area (Å²) in [5.74, 6) is -1.38. The van der Waals surface area contributed by atoms with Crippen LogP contribution in [0.3, 0.4) is 0 Å². The Morgan fingerprint density at radius 1 is 0.828 bits per heavy atom. The Morgan fingerprint density at radius 3 is 2.26 bits per heavy atom. The van der Waals surface area contributed by atoms with Crippen LogP contribution in [0.25, 0.3) is 16.9 Å². The molecule has 4 N–H and O–H groups in total. The number of rotatable bonds is 10. The fraction of sp³-hybridized carbons (Fsp3) is 0.455. The summed E-state index contributed by atoms with van der Waals surface area (Å²) in [7, 11) is 0. The molecule has 12 nitrogen and oxygen atoms in total. The number of piperidine rings is 2. The summed E-state index contributed by atoms with van der Waals surface area (Å²) in [6.45, 7) is 1.74. The maximum Gasteiger partial charge on any atom is 0.255 e. The van der Waals surface area contributed by atoms with E-state index in [0.717, 1.165) is 64.5 Å². The Bertz CT molecular complexity index is 2210. The smallest absolute Gasteiger partial charge is 0.255 e. The number of hydrogen-bond donors (Lipinski definition) is 3. The van der Waals surface area contributed by atoms with E-state index < -0.39 is 11.9 Å². The van der Waals surface area contributed by atoms with Gasteiger partial charge >= 0.3 is 0 Å². The topological polar surface area (TPSA) is 156 Å². The second-order valence-corrected chi connectivity index (χ2v) is 16.3. The monoisotopic (exact) mass is 792 g/mol. The van der Waals surface area contributed by atoms with Gasteiger partial charge in [0, 0.05) is 59.7 Å². The van der Waals surface area contributed by atoms with E-state index in [9.17, 15) is 19.2 Å². The molecule has 2 aliphatic heterocycles. The summed E-state index contributed by atoms with van der Waals surface area (Å²) in [4.78, 5) is 62.6. The SMILES string of the molecule is NC(=O)C1CCC(N(c2ncc(F)c(-c3cccc(-n4ccccc4=O)c3)n2)C2CCC(N3CCC(c4ccc(N[C@@H]5CCC(=O)NC5=O)cc4F)CC3)CC2)CC1. The number of nitrogens with two attached hydrogens (primary N) is 1. The molecule has 0 bridgehead atoms. The zero-order valence-electron chi connectivity index (χ0n) is 32.5. The van der Waals surface area contributed by atoms with E-state index in [1.54, 1.807) is 42.6 Å². The van der Waals surface area contributed by atoms with E-state index in [0.29, 0.717) is 53.8 Å². The summed E-state index contributed by atoms with van der Waals surface area (Å²) in [6.07, 6.45) is 11.9. The molecule has 14 heteroatoms. The number of nitrogens with zero attached hydrogens (tertiary/aromatic N) is 5. The maximum atomic E-state index is 15.6. The van der Waals surface area contributed by atoms with Gasteiger partial charge in [0.25, 0.3) is 5.56 Å². The van der Waals surface area contributed by atoms with Crippen molar-refractivity contribution in [3.63, 3.8) is 0 Å². The average molecular weight is 793 g/mol. The highest BCUT2D eigenvalue weighted by Gasteiger charge is 2.38. The van der Waals surface area contributed by atoms with Gasteiger partial charge in [-0.25, -0.2) is 18.7 Å². The number of aromatic nitrogens is 3. The van der Waals surface area contributed by atoms with Gasteiger partial charge in [0.15, 0.2) is 5.82 Å². The summed E-state index contributed by atoms with van der Waals surface area (Å²) in [6, 6.07) is 17.2. The molecule has 2 aromatic carbocycles. The zero-order chi connectivity index (χ0) is 40.3. The van der Waals surface area contributed by atoms with Crippen molar-refractivity contribution in [3.8, 4) is 16.9 Å². The van der Waals surface area contributed by atoms with Crippen molar-refractivity contribution < 1.29 is 23.2 Å². The number of imide groups is 1. The molecule has 0 spiro atoms. The number of pyridine rings is 1. The first kappa shape index (κ1) is 39.3. The van der Waals surface area contributed by atoms with Crippen molar-refractivity contribution >= 4 is 29.4 Å². The highest BCUT2D eigenvalue weighted by atomic mass is 19.1. The van der Waals surface area contributed by atoms with Crippen LogP contribution < -0.4 is 26.8 Å². The van der Waals surface area contributed by atoms with Gasteiger partial charge in [-0.1, -0.05) is 24.3 Å². The Balaban J connectivity index is 0.939. The van der Waals surface area contributed by atoms with Gasteiger partial charge in [-0.3, -0.25) is 29.1 Å². The van der Waals surface area contributed by atoms with Crippen molar-refractivity contribution in [1.82, 2.24) is 24.8 Å². The minimum absolute atomic E-state index is 0.0703. The first-order chi connectivity index (χ1) is 28.1. The molecule has 4 fully saturated rings. The number of primary amides is 1. The van der Waals surface area contributed by atoms with Crippen LogP contribution in [0.4, 0.5) is 20.4 Å². The number of benzene rings is 2. The van der Waals surface area contributed by atoms with Crippen LogP contribution in [0.15, 0.2) is 77.9 Å².